The lowest BCUT2D eigenvalue weighted by atomic mass is 10.1. The van der Waals surface area contributed by atoms with Gasteiger partial charge in [0.2, 0.25) is 0 Å². The predicted octanol–water partition coefficient (Wildman–Crippen LogP) is 1.66. The van der Waals surface area contributed by atoms with E-state index in [4.69, 9.17) is 9.26 Å². The summed E-state index contributed by atoms with van der Waals surface area (Å²) < 4.78 is 10.9. The van der Waals surface area contributed by atoms with Crippen LogP contribution in [0.25, 0.3) is 11.0 Å². The molecule has 1 aliphatic rings. The van der Waals surface area contributed by atoms with Crippen molar-refractivity contribution < 1.29 is 14.4 Å². The van der Waals surface area contributed by atoms with Gasteiger partial charge in [0, 0.05) is 6.07 Å². The molecule has 0 unspecified atom stereocenters. The Balaban J connectivity index is 1.84. The molecule has 5 heteroatoms. The smallest absolute Gasteiger partial charge is 0.262 e. The molecule has 0 bridgehead atoms. The fourth-order valence-electron chi connectivity index (χ4n) is 2.06. The standard InChI is InChI=1S/C12H14N2O3/c15-8-1-2-10-11(7-8)17-14-12(10)16-9-3-5-13-6-4-9/h1-2,7,9,13,15H,3-6H2. The van der Waals surface area contributed by atoms with Crippen molar-refractivity contribution in [2.24, 2.45) is 0 Å². The zero-order valence-electron chi connectivity index (χ0n) is 9.35. The monoisotopic (exact) mass is 234 g/mol. The largest absolute Gasteiger partial charge is 0.508 e. The molecule has 0 atom stereocenters. The summed E-state index contributed by atoms with van der Waals surface area (Å²) in [5.41, 5.74) is 0.550. The van der Waals surface area contributed by atoms with Crippen LogP contribution in [-0.2, 0) is 0 Å². The minimum atomic E-state index is 0.169. The first-order chi connectivity index (χ1) is 8.33. The van der Waals surface area contributed by atoms with Crippen LogP contribution in [0.1, 0.15) is 12.8 Å². The molecule has 0 spiro atoms. The number of phenolic OH excluding ortho intramolecular Hbond substituents is 1. The minimum Gasteiger partial charge on any atom is -0.508 e. The summed E-state index contributed by atoms with van der Waals surface area (Å²) in [6.45, 7) is 1.95. The van der Waals surface area contributed by atoms with E-state index in [1.807, 2.05) is 0 Å². The highest BCUT2D eigenvalue weighted by Crippen LogP contribution is 2.29. The molecule has 1 aliphatic heterocycles. The Bertz CT molecular complexity index is 517. The maximum Gasteiger partial charge on any atom is 0.262 e. The van der Waals surface area contributed by atoms with Gasteiger partial charge in [-0.3, -0.25) is 0 Å². The molecule has 1 aromatic carbocycles. The normalized spacial score (nSPS) is 17.4. The van der Waals surface area contributed by atoms with Crippen LogP contribution in [0.3, 0.4) is 0 Å². The lowest BCUT2D eigenvalue weighted by Crippen LogP contribution is -2.34. The van der Waals surface area contributed by atoms with Crippen molar-refractivity contribution in [1.82, 2.24) is 10.5 Å². The van der Waals surface area contributed by atoms with Gasteiger partial charge in [-0.15, -0.1) is 0 Å². The summed E-state index contributed by atoms with van der Waals surface area (Å²) in [7, 11) is 0. The molecule has 0 amide bonds. The van der Waals surface area contributed by atoms with Crippen molar-refractivity contribution in [2.75, 3.05) is 13.1 Å². The van der Waals surface area contributed by atoms with Crippen molar-refractivity contribution in [3.8, 4) is 11.6 Å². The predicted molar refractivity (Wildman–Crippen MR) is 62.2 cm³/mol. The van der Waals surface area contributed by atoms with E-state index in [-0.39, 0.29) is 11.9 Å². The molecule has 0 radical (unpaired) electrons. The molecule has 2 N–H and O–H groups in total. The maximum atomic E-state index is 9.32. The highest BCUT2D eigenvalue weighted by molar-refractivity contribution is 5.83. The Morgan fingerprint density at radius 2 is 2.18 bits per heavy atom. The van der Waals surface area contributed by atoms with Crippen molar-refractivity contribution in [3.63, 3.8) is 0 Å². The van der Waals surface area contributed by atoms with Gasteiger partial charge in [-0.2, -0.15) is 0 Å². The van der Waals surface area contributed by atoms with Gasteiger partial charge in [0.25, 0.3) is 5.88 Å². The average molecular weight is 234 g/mol. The van der Waals surface area contributed by atoms with Crippen molar-refractivity contribution in [2.45, 2.75) is 18.9 Å². The molecule has 90 valence electrons. The van der Waals surface area contributed by atoms with Crippen molar-refractivity contribution >= 4 is 11.0 Å². The Hall–Kier alpha value is -1.75. The molecule has 17 heavy (non-hydrogen) atoms. The molecule has 3 rings (SSSR count). The first-order valence-corrected chi connectivity index (χ1v) is 5.79. The number of nitrogens with one attached hydrogen (secondary N) is 1. The molecule has 5 nitrogen and oxygen atoms in total. The molecule has 1 fully saturated rings. The quantitative estimate of drug-likeness (QED) is 0.827. The zero-order chi connectivity index (χ0) is 11.7. The third-order valence-corrected chi connectivity index (χ3v) is 2.99. The highest BCUT2D eigenvalue weighted by atomic mass is 16.5. The van der Waals surface area contributed by atoms with Crippen LogP contribution < -0.4 is 10.1 Å². The second-order valence-corrected chi connectivity index (χ2v) is 4.24. The summed E-state index contributed by atoms with van der Waals surface area (Å²) >= 11 is 0. The second-order valence-electron chi connectivity index (χ2n) is 4.24. The summed E-state index contributed by atoms with van der Waals surface area (Å²) in [6, 6.07) is 4.91. The van der Waals surface area contributed by atoms with Gasteiger partial charge in [-0.25, -0.2) is 0 Å². The number of ether oxygens (including phenoxy) is 1. The zero-order valence-corrected chi connectivity index (χ0v) is 9.35. The number of aromatic nitrogens is 1. The van der Waals surface area contributed by atoms with Crippen LogP contribution >= 0.6 is 0 Å². The van der Waals surface area contributed by atoms with Crippen LogP contribution in [-0.4, -0.2) is 29.5 Å². The van der Waals surface area contributed by atoms with Gasteiger partial charge < -0.3 is 19.7 Å². The molecule has 1 aromatic heterocycles. The van der Waals surface area contributed by atoms with E-state index in [0.29, 0.717) is 11.5 Å². The number of hydrogen-bond acceptors (Lipinski definition) is 5. The molecular formula is C12H14N2O3. The van der Waals surface area contributed by atoms with Gasteiger partial charge in [0.1, 0.15) is 11.9 Å². The Morgan fingerprint density at radius 1 is 1.35 bits per heavy atom. The van der Waals surface area contributed by atoms with Gasteiger partial charge in [0.15, 0.2) is 5.58 Å². The Morgan fingerprint density at radius 3 is 3.00 bits per heavy atom. The first-order valence-electron chi connectivity index (χ1n) is 5.79. The van der Waals surface area contributed by atoms with Crippen LogP contribution in [0, 0.1) is 0 Å². The van der Waals surface area contributed by atoms with Gasteiger partial charge in [-0.1, -0.05) is 0 Å². The van der Waals surface area contributed by atoms with Gasteiger partial charge >= 0.3 is 0 Å². The molecular weight excluding hydrogens is 220 g/mol. The number of hydrogen-bond donors (Lipinski definition) is 2. The molecule has 1 saturated heterocycles. The van der Waals surface area contributed by atoms with Crippen LogP contribution in [0.2, 0.25) is 0 Å². The maximum absolute atomic E-state index is 9.32. The first kappa shape index (κ1) is 10.4. The topological polar surface area (TPSA) is 67.5 Å². The van der Waals surface area contributed by atoms with E-state index in [9.17, 15) is 5.11 Å². The molecule has 2 heterocycles. The van der Waals surface area contributed by atoms with E-state index < -0.39 is 0 Å². The number of piperidine rings is 1. The van der Waals surface area contributed by atoms with Crippen LogP contribution in [0.5, 0.6) is 11.6 Å². The number of rotatable bonds is 2. The fourth-order valence-corrected chi connectivity index (χ4v) is 2.06. The number of benzene rings is 1. The van der Waals surface area contributed by atoms with E-state index in [2.05, 4.69) is 10.5 Å². The summed E-state index contributed by atoms with van der Waals surface area (Å²) in [5, 5.41) is 17.3. The third-order valence-electron chi connectivity index (χ3n) is 2.99. The number of phenols is 1. The van der Waals surface area contributed by atoms with Gasteiger partial charge in [0.05, 0.1) is 5.39 Å². The minimum absolute atomic E-state index is 0.169. The van der Waals surface area contributed by atoms with E-state index >= 15 is 0 Å². The Kier molecular flexibility index (Phi) is 2.60. The Labute approximate surface area is 98.4 Å². The second kappa shape index (κ2) is 4.25. The van der Waals surface area contributed by atoms with E-state index in [1.54, 1.807) is 12.1 Å². The lowest BCUT2D eigenvalue weighted by molar-refractivity contribution is 0.151. The lowest BCUT2D eigenvalue weighted by Gasteiger charge is -2.22. The van der Waals surface area contributed by atoms with E-state index in [1.165, 1.54) is 6.07 Å². The summed E-state index contributed by atoms with van der Waals surface area (Å²) in [4.78, 5) is 0. The number of aromatic hydroxyl groups is 1. The van der Waals surface area contributed by atoms with Crippen molar-refractivity contribution in [1.29, 1.82) is 0 Å². The summed E-state index contributed by atoms with van der Waals surface area (Å²) in [5.74, 6) is 0.689. The van der Waals surface area contributed by atoms with Crippen molar-refractivity contribution in [3.05, 3.63) is 18.2 Å². The highest BCUT2D eigenvalue weighted by Gasteiger charge is 2.18. The van der Waals surface area contributed by atoms with Gasteiger partial charge in [-0.05, 0) is 43.2 Å². The third kappa shape index (κ3) is 2.06. The van der Waals surface area contributed by atoms with Crippen LogP contribution in [0.15, 0.2) is 22.7 Å². The van der Waals surface area contributed by atoms with E-state index in [0.717, 1.165) is 31.3 Å². The SMILES string of the molecule is Oc1ccc2c(OC3CCNCC3)noc2c1. The summed E-state index contributed by atoms with van der Waals surface area (Å²) in [6.07, 6.45) is 2.15. The number of fused-ring (bicyclic) bond motifs is 1. The fraction of sp³-hybridized carbons (Fsp3) is 0.417. The number of nitrogens with zero attached hydrogens (tertiary/aromatic N) is 1. The van der Waals surface area contributed by atoms with Crippen LogP contribution in [0.4, 0.5) is 0 Å². The average Bonchev–Trinajstić information content (AvgIpc) is 2.73. The molecule has 0 saturated carbocycles. The molecule has 2 aromatic rings. The molecule has 0 aliphatic carbocycles.